The van der Waals surface area contributed by atoms with E-state index in [1.165, 1.54) is 38.5 Å². The summed E-state index contributed by atoms with van der Waals surface area (Å²) in [6, 6.07) is 0.493. The molecule has 0 aromatic rings. The number of amides is 1. The molecule has 2 heterocycles. The highest BCUT2D eigenvalue weighted by Crippen LogP contribution is 2.64. The Kier molecular flexibility index (Phi) is 6.43. The summed E-state index contributed by atoms with van der Waals surface area (Å²) in [7, 11) is 0. The molecule has 0 bridgehead atoms. The molecule has 6 rings (SSSR count). The van der Waals surface area contributed by atoms with Gasteiger partial charge in [0.05, 0.1) is 11.7 Å². The highest BCUT2D eigenvalue weighted by molar-refractivity contribution is 5.79. The van der Waals surface area contributed by atoms with Crippen molar-refractivity contribution in [1.82, 2.24) is 10.2 Å². The lowest BCUT2D eigenvalue weighted by molar-refractivity contribution is -0.129. The summed E-state index contributed by atoms with van der Waals surface area (Å²) in [6.07, 6.45) is 12.9. The van der Waals surface area contributed by atoms with Crippen LogP contribution in [0.2, 0.25) is 0 Å². The van der Waals surface area contributed by atoms with Crippen molar-refractivity contribution in [1.29, 1.82) is 0 Å². The van der Waals surface area contributed by atoms with Gasteiger partial charge in [-0.1, -0.05) is 25.0 Å². The van der Waals surface area contributed by atoms with Crippen molar-refractivity contribution in [3.05, 3.63) is 11.1 Å². The second-order valence-electron chi connectivity index (χ2n) is 14.1. The van der Waals surface area contributed by atoms with Crippen LogP contribution in [-0.4, -0.2) is 54.0 Å². The molecule has 0 radical (unpaired) electrons. The van der Waals surface area contributed by atoms with E-state index in [9.17, 15) is 9.59 Å². The van der Waals surface area contributed by atoms with Crippen LogP contribution in [0.4, 0.5) is 0 Å². The van der Waals surface area contributed by atoms with Crippen LogP contribution in [0, 0.1) is 35.0 Å². The first-order valence-electron chi connectivity index (χ1n) is 15.0. The molecule has 1 amide bonds. The number of piperidine rings is 1. The van der Waals surface area contributed by atoms with Gasteiger partial charge in [-0.3, -0.25) is 14.5 Å². The standard InChI is InChI=1S/C31H48N2O3/c1-19-13-29-28(33(18-19)12-11-32-21(3)34)17-31(36-29)10-8-24-25-6-5-22-14-23(35)7-9-30(22,4)27(25)15-26(24)20(2)16-31/h19,22,24-25,27-29H,5-18H2,1-4H3,(H,32,34)/t19-,22+,24-,25-,27-,28-,29+,30?,31-/m0/s1. The second-order valence-corrected chi connectivity index (χ2v) is 14.1. The van der Waals surface area contributed by atoms with Crippen LogP contribution in [0.1, 0.15) is 98.3 Å². The van der Waals surface area contributed by atoms with E-state index >= 15 is 0 Å². The molecule has 200 valence electrons. The third kappa shape index (κ3) is 4.21. The first-order valence-corrected chi connectivity index (χ1v) is 15.0. The Bertz CT molecular complexity index is 944. The number of Topliss-reactive ketones (excluding diaryl/α,β-unsaturated/α-hetero) is 1. The van der Waals surface area contributed by atoms with E-state index in [-0.39, 0.29) is 11.5 Å². The Labute approximate surface area is 218 Å². The summed E-state index contributed by atoms with van der Waals surface area (Å²) in [6.45, 7) is 11.7. The molecule has 3 saturated carbocycles. The van der Waals surface area contributed by atoms with Crippen molar-refractivity contribution in [2.24, 2.45) is 35.0 Å². The number of allylic oxidation sites excluding steroid dienone is 1. The van der Waals surface area contributed by atoms with Gasteiger partial charge in [-0.15, -0.1) is 0 Å². The minimum absolute atomic E-state index is 0.000922. The molecule has 2 saturated heterocycles. The molecular formula is C31H48N2O3. The number of nitrogens with one attached hydrogen (secondary N) is 1. The van der Waals surface area contributed by atoms with Crippen molar-refractivity contribution >= 4 is 11.7 Å². The number of hydrogen-bond acceptors (Lipinski definition) is 4. The summed E-state index contributed by atoms with van der Waals surface area (Å²) < 4.78 is 7.09. The van der Waals surface area contributed by atoms with Gasteiger partial charge in [-0.2, -0.15) is 0 Å². The topological polar surface area (TPSA) is 58.6 Å². The van der Waals surface area contributed by atoms with Gasteiger partial charge in [0.1, 0.15) is 5.78 Å². The second kappa shape index (κ2) is 9.22. The number of hydrogen-bond donors (Lipinski definition) is 1. The fourth-order valence-corrected chi connectivity index (χ4v) is 10.2. The maximum absolute atomic E-state index is 12.2. The lowest BCUT2D eigenvalue weighted by Crippen LogP contribution is -2.50. The van der Waals surface area contributed by atoms with Crippen LogP contribution >= 0.6 is 0 Å². The molecule has 1 unspecified atom stereocenters. The van der Waals surface area contributed by atoms with Crippen LogP contribution < -0.4 is 5.32 Å². The van der Waals surface area contributed by atoms with E-state index < -0.39 is 0 Å². The van der Waals surface area contributed by atoms with E-state index in [2.05, 4.69) is 31.0 Å². The Morgan fingerprint density at radius 1 is 1.19 bits per heavy atom. The van der Waals surface area contributed by atoms with Crippen molar-refractivity contribution < 1.29 is 14.3 Å². The predicted molar refractivity (Wildman–Crippen MR) is 141 cm³/mol. The largest absolute Gasteiger partial charge is 0.370 e. The fraction of sp³-hybridized carbons (Fsp3) is 0.871. The van der Waals surface area contributed by atoms with Gasteiger partial charge in [0.25, 0.3) is 0 Å². The quantitative estimate of drug-likeness (QED) is 0.540. The molecule has 1 spiro atoms. The summed E-state index contributed by atoms with van der Waals surface area (Å²) >= 11 is 0. The fourth-order valence-electron chi connectivity index (χ4n) is 10.2. The molecular weight excluding hydrogens is 448 g/mol. The third-order valence-corrected chi connectivity index (χ3v) is 11.8. The van der Waals surface area contributed by atoms with Crippen molar-refractivity contribution in [3.63, 3.8) is 0 Å². The van der Waals surface area contributed by atoms with Crippen LogP contribution in [0.3, 0.4) is 0 Å². The van der Waals surface area contributed by atoms with Crippen LogP contribution in [0.15, 0.2) is 11.1 Å². The monoisotopic (exact) mass is 496 g/mol. The van der Waals surface area contributed by atoms with Gasteiger partial charge in [0.2, 0.25) is 5.91 Å². The molecule has 0 aromatic carbocycles. The number of ketones is 1. The molecule has 5 fully saturated rings. The zero-order valence-electron chi connectivity index (χ0n) is 23.1. The lowest BCUT2D eigenvalue weighted by atomic mass is 9.52. The van der Waals surface area contributed by atoms with Crippen molar-refractivity contribution in [2.45, 2.75) is 116 Å². The van der Waals surface area contributed by atoms with Crippen LogP contribution in [0.25, 0.3) is 0 Å². The van der Waals surface area contributed by atoms with E-state index in [4.69, 9.17) is 4.74 Å². The van der Waals surface area contributed by atoms with E-state index in [1.807, 2.05) is 0 Å². The molecule has 6 aliphatic rings. The number of nitrogens with zero attached hydrogens (tertiary/aromatic N) is 1. The Morgan fingerprint density at radius 3 is 2.83 bits per heavy atom. The van der Waals surface area contributed by atoms with Crippen molar-refractivity contribution in [2.75, 3.05) is 19.6 Å². The summed E-state index contributed by atoms with van der Waals surface area (Å²) in [5.41, 5.74) is 3.79. The minimum atomic E-state index is 0.000922. The van der Waals surface area contributed by atoms with Crippen LogP contribution in [-0.2, 0) is 14.3 Å². The van der Waals surface area contributed by atoms with E-state index in [0.717, 1.165) is 69.5 Å². The number of carbonyl (C=O) groups is 2. The van der Waals surface area contributed by atoms with Gasteiger partial charge in [0, 0.05) is 45.4 Å². The summed E-state index contributed by atoms with van der Waals surface area (Å²) in [5, 5.41) is 3.01. The molecule has 4 aliphatic carbocycles. The van der Waals surface area contributed by atoms with Gasteiger partial charge in [-0.05, 0) is 99.7 Å². The first kappa shape index (κ1) is 25.1. The highest BCUT2D eigenvalue weighted by Gasteiger charge is 2.58. The molecule has 5 nitrogen and oxygen atoms in total. The molecule has 1 N–H and O–H groups in total. The first-order chi connectivity index (χ1) is 17.2. The number of carbonyl (C=O) groups excluding carboxylic acids is 2. The van der Waals surface area contributed by atoms with Crippen molar-refractivity contribution in [3.8, 4) is 0 Å². The van der Waals surface area contributed by atoms with E-state index in [1.54, 1.807) is 18.1 Å². The molecule has 0 aromatic heterocycles. The average Bonchev–Trinajstić information content (AvgIpc) is 3.33. The predicted octanol–water partition coefficient (Wildman–Crippen LogP) is 5.28. The van der Waals surface area contributed by atoms with E-state index in [0.29, 0.717) is 35.2 Å². The molecule has 2 aliphatic heterocycles. The van der Waals surface area contributed by atoms with Crippen LogP contribution in [0.5, 0.6) is 0 Å². The average molecular weight is 497 g/mol. The zero-order valence-corrected chi connectivity index (χ0v) is 23.1. The van der Waals surface area contributed by atoms with Gasteiger partial charge in [-0.25, -0.2) is 0 Å². The lowest BCUT2D eigenvalue weighted by Gasteiger charge is -2.52. The third-order valence-electron chi connectivity index (χ3n) is 11.8. The number of ether oxygens (including phenoxy) is 1. The number of rotatable bonds is 3. The summed E-state index contributed by atoms with van der Waals surface area (Å²) in [5.74, 6) is 4.19. The minimum Gasteiger partial charge on any atom is -0.370 e. The Hall–Kier alpha value is -1.20. The van der Waals surface area contributed by atoms with Gasteiger partial charge >= 0.3 is 0 Å². The zero-order chi connectivity index (χ0) is 25.2. The van der Waals surface area contributed by atoms with Gasteiger partial charge < -0.3 is 10.1 Å². The Morgan fingerprint density at radius 2 is 2.03 bits per heavy atom. The normalized spacial score (nSPS) is 46.7. The highest BCUT2D eigenvalue weighted by atomic mass is 16.5. The molecule has 9 atom stereocenters. The van der Waals surface area contributed by atoms with Gasteiger partial charge in [0.15, 0.2) is 0 Å². The maximum atomic E-state index is 12.2. The number of likely N-dealkylation sites (tertiary alicyclic amines) is 1. The Balaban J connectivity index is 1.20. The maximum Gasteiger partial charge on any atom is 0.216 e. The molecule has 36 heavy (non-hydrogen) atoms. The molecule has 5 heteroatoms. The number of fused-ring (bicyclic) bond motifs is 6. The summed E-state index contributed by atoms with van der Waals surface area (Å²) in [4.78, 5) is 26.3. The SMILES string of the molecule is CC(=O)NCCN1C[C@@H](C)C[C@H]2O[C@]3(CC[C@@H]4C(=C(C)C3)C[C@H]3[C@H]4CC[C@@H]4CC(=O)CCC43C)C[C@@H]21. The smallest absolute Gasteiger partial charge is 0.216 e.